The zero-order chi connectivity index (χ0) is 17.6. The summed E-state index contributed by atoms with van der Waals surface area (Å²) in [6.45, 7) is 2.32. The molecule has 0 aliphatic rings. The van der Waals surface area contributed by atoms with Crippen molar-refractivity contribution in [1.82, 2.24) is 10.0 Å². The molecule has 0 aliphatic heterocycles. The molecule has 24 heavy (non-hydrogen) atoms. The van der Waals surface area contributed by atoms with Crippen molar-refractivity contribution in [2.45, 2.75) is 19.2 Å². The van der Waals surface area contributed by atoms with E-state index in [9.17, 15) is 13.2 Å². The van der Waals surface area contributed by atoms with Gasteiger partial charge in [0.05, 0.1) is 5.75 Å². The number of hydrogen-bond acceptors (Lipinski definition) is 3. The fourth-order valence-electron chi connectivity index (χ4n) is 2.13. The van der Waals surface area contributed by atoms with Crippen LogP contribution in [0, 0.1) is 6.92 Å². The van der Waals surface area contributed by atoms with Crippen molar-refractivity contribution >= 4 is 21.7 Å². The third kappa shape index (κ3) is 5.68. The van der Waals surface area contributed by atoms with Crippen molar-refractivity contribution in [3.63, 3.8) is 0 Å². The van der Waals surface area contributed by atoms with Gasteiger partial charge in [-0.25, -0.2) is 17.9 Å². The molecular formula is C17H21N3O3S. The van der Waals surface area contributed by atoms with Crippen LogP contribution in [-0.2, 0) is 22.3 Å². The van der Waals surface area contributed by atoms with Crippen molar-refractivity contribution in [3.05, 3.63) is 65.2 Å². The molecule has 2 aromatic carbocycles. The van der Waals surface area contributed by atoms with Crippen LogP contribution >= 0.6 is 0 Å². The lowest BCUT2D eigenvalue weighted by atomic mass is 10.1. The summed E-state index contributed by atoms with van der Waals surface area (Å²) < 4.78 is 25.3. The third-order valence-corrected chi connectivity index (χ3v) is 4.76. The van der Waals surface area contributed by atoms with E-state index < -0.39 is 10.0 Å². The minimum atomic E-state index is -3.28. The van der Waals surface area contributed by atoms with E-state index in [1.54, 1.807) is 24.3 Å². The number of rotatable bonds is 6. The zero-order valence-electron chi connectivity index (χ0n) is 13.7. The molecule has 3 N–H and O–H groups in total. The molecule has 0 spiro atoms. The molecule has 0 aromatic heterocycles. The van der Waals surface area contributed by atoms with E-state index >= 15 is 0 Å². The predicted octanol–water partition coefficient (Wildman–Crippen LogP) is 2.37. The number of carbonyl (C=O) groups excluding carboxylic acids is 1. The molecule has 2 amide bonds. The summed E-state index contributed by atoms with van der Waals surface area (Å²) in [4.78, 5) is 11.9. The fourth-order valence-corrected chi connectivity index (χ4v) is 2.90. The molecular weight excluding hydrogens is 326 g/mol. The van der Waals surface area contributed by atoms with Gasteiger partial charge in [0.1, 0.15) is 0 Å². The van der Waals surface area contributed by atoms with E-state index in [1.165, 1.54) is 7.05 Å². The maximum atomic E-state index is 11.9. The molecule has 7 heteroatoms. The Bertz CT molecular complexity index is 802. The number of benzene rings is 2. The molecule has 0 saturated carbocycles. The van der Waals surface area contributed by atoms with Crippen LogP contribution in [0.15, 0.2) is 48.5 Å². The van der Waals surface area contributed by atoms with E-state index in [4.69, 9.17) is 0 Å². The summed E-state index contributed by atoms with van der Waals surface area (Å²) in [6, 6.07) is 14.3. The van der Waals surface area contributed by atoms with E-state index in [2.05, 4.69) is 15.4 Å². The predicted molar refractivity (Wildman–Crippen MR) is 95.2 cm³/mol. The van der Waals surface area contributed by atoms with Gasteiger partial charge in [-0.05, 0) is 42.8 Å². The van der Waals surface area contributed by atoms with E-state index in [1.807, 2.05) is 31.2 Å². The second-order valence-electron chi connectivity index (χ2n) is 5.46. The van der Waals surface area contributed by atoms with Crippen LogP contribution in [0.1, 0.15) is 16.7 Å². The fraction of sp³-hybridized carbons (Fsp3) is 0.235. The van der Waals surface area contributed by atoms with Gasteiger partial charge >= 0.3 is 6.03 Å². The highest BCUT2D eigenvalue weighted by Crippen LogP contribution is 2.10. The van der Waals surface area contributed by atoms with Gasteiger partial charge < -0.3 is 10.6 Å². The minimum Gasteiger partial charge on any atom is -0.334 e. The number of sulfonamides is 1. The van der Waals surface area contributed by atoms with Crippen LogP contribution in [0.25, 0.3) is 0 Å². The summed E-state index contributed by atoms with van der Waals surface area (Å²) >= 11 is 0. The molecule has 0 unspecified atom stereocenters. The van der Waals surface area contributed by atoms with Gasteiger partial charge in [-0.2, -0.15) is 0 Å². The molecule has 2 aromatic rings. The van der Waals surface area contributed by atoms with Crippen molar-refractivity contribution < 1.29 is 13.2 Å². The highest BCUT2D eigenvalue weighted by atomic mass is 32.2. The number of aryl methyl sites for hydroxylation is 1. The third-order valence-electron chi connectivity index (χ3n) is 3.42. The van der Waals surface area contributed by atoms with Crippen LogP contribution in [-0.4, -0.2) is 21.5 Å². The second-order valence-corrected chi connectivity index (χ2v) is 7.38. The summed E-state index contributed by atoms with van der Waals surface area (Å²) in [6.07, 6.45) is 0. The Morgan fingerprint density at radius 2 is 1.71 bits per heavy atom. The monoisotopic (exact) mass is 347 g/mol. The van der Waals surface area contributed by atoms with E-state index in [0.29, 0.717) is 12.1 Å². The Hall–Kier alpha value is -2.38. The van der Waals surface area contributed by atoms with Gasteiger partial charge in [0.2, 0.25) is 10.0 Å². The highest BCUT2D eigenvalue weighted by molar-refractivity contribution is 7.88. The van der Waals surface area contributed by atoms with Crippen molar-refractivity contribution in [3.8, 4) is 0 Å². The number of hydrogen-bond donors (Lipinski definition) is 3. The standard InChI is InChI=1S/C17H21N3O3S/c1-13-4-3-5-16(10-13)20-17(21)19-11-14-6-8-15(9-7-14)12-24(22,23)18-2/h3-10,18H,11-12H2,1-2H3,(H2,19,20,21). The normalized spacial score (nSPS) is 11.1. The van der Waals surface area contributed by atoms with Gasteiger partial charge in [0.25, 0.3) is 0 Å². The molecule has 0 radical (unpaired) electrons. The lowest BCUT2D eigenvalue weighted by Gasteiger charge is -2.09. The summed E-state index contributed by atoms with van der Waals surface area (Å²) in [5.74, 6) is -0.0644. The second kappa shape index (κ2) is 7.94. The molecule has 128 valence electrons. The molecule has 0 heterocycles. The zero-order valence-corrected chi connectivity index (χ0v) is 14.5. The number of amides is 2. The van der Waals surface area contributed by atoms with Crippen molar-refractivity contribution in [2.24, 2.45) is 0 Å². The molecule has 6 nitrogen and oxygen atoms in total. The minimum absolute atomic E-state index is 0.0644. The first-order valence-corrected chi connectivity index (χ1v) is 9.14. The van der Waals surface area contributed by atoms with Crippen LogP contribution < -0.4 is 15.4 Å². The lowest BCUT2D eigenvalue weighted by molar-refractivity contribution is 0.251. The van der Waals surface area contributed by atoms with Crippen LogP contribution in [0.4, 0.5) is 10.5 Å². The first kappa shape index (κ1) is 18.0. The number of urea groups is 1. The molecule has 0 aliphatic carbocycles. The Morgan fingerprint density at radius 3 is 2.33 bits per heavy atom. The average Bonchev–Trinajstić information content (AvgIpc) is 2.54. The molecule has 2 rings (SSSR count). The van der Waals surface area contributed by atoms with Gasteiger partial charge in [-0.3, -0.25) is 0 Å². The average molecular weight is 347 g/mol. The number of nitrogens with one attached hydrogen (secondary N) is 3. The Balaban J connectivity index is 1.87. The maximum absolute atomic E-state index is 11.9. The van der Waals surface area contributed by atoms with E-state index in [-0.39, 0.29) is 11.8 Å². The smallest absolute Gasteiger partial charge is 0.319 e. The highest BCUT2D eigenvalue weighted by Gasteiger charge is 2.08. The Morgan fingerprint density at radius 1 is 1.04 bits per heavy atom. The van der Waals surface area contributed by atoms with Crippen molar-refractivity contribution in [1.29, 1.82) is 0 Å². The van der Waals surface area contributed by atoms with Crippen LogP contribution in [0.2, 0.25) is 0 Å². The SMILES string of the molecule is CNS(=O)(=O)Cc1ccc(CNC(=O)Nc2cccc(C)c2)cc1. The first-order chi connectivity index (χ1) is 11.4. The molecule has 0 saturated heterocycles. The Kier molecular flexibility index (Phi) is 5.94. The van der Waals surface area contributed by atoms with Crippen LogP contribution in [0.3, 0.4) is 0 Å². The quantitative estimate of drug-likeness (QED) is 0.750. The summed E-state index contributed by atoms with van der Waals surface area (Å²) in [7, 11) is -1.89. The van der Waals surface area contributed by atoms with Gasteiger partial charge in [0, 0.05) is 12.2 Å². The van der Waals surface area contributed by atoms with Gasteiger partial charge in [-0.15, -0.1) is 0 Å². The van der Waals surface area contributed by atoms with Crippen molar-refractivity contribution in [2.75, 3.05) is 12.4 Å². The largest absolute Gasteiger partial charge is 0.334 e. The summed E-state index contributed by atoms with van der Waals surface area (Å²) in [5, 5.41) is 5.53. The number of anilines is 1. The topological polar surface area (TPSA) is 87.3 Å². The summed E-state index contributed by atoms with van der Waals surface area (Å²) in [5.41, 5.74) is 3.39. The molecule has 0 bridgehead atoms. The first-order valence-electron chi connectivity index (χ1n) is 7.48. The van der Waals surface area contributed by atoms with E-state index in [0.717, 1.165) is 16.8 Å². The van der Waals surface area contributed by atoms with Gasteiger partial charge in [0.15, 0.2) is 0 Å². The van der Waals surface area contributed by atoms with Crippen LogP contribution in [0.5, 0.6) is 0 Å². The maximum Gasteiger partial charge on any atom is 0.319 e. The lowest BCUT2D eigenvalue weighted by Crippen LogP contribution is -2.28. The Labute approximate surface area is 142 Å². The number of carbonyl (C=O) groups is 1. The van der Waals surface area contributed by atoms with Gasteiger partial charge in [-0.1, -0.05) is 36.4 Å². The molecule has 0 fully saturated rings. The molecule has 0 atom stereocenters.